The Hall–Kier alpha value is -0.820. The van der Waals surface area contributed by atoms with E-state index in [9.17, 15) is 0 Å². The molecule has 0 aromatic carbocycles. The van der Waals surface area contributed by atoms with Crippen molar-refractivity contribution in [1.29, 1.82) is 0 Å². The van der Waals surface area contributed by atoms with Gasteiger partial charge in [0.2, 0.25) is 0 Å². The van der Waals surface area contributed by atoms with Crippen molar-refractivity contribution in [2.45, 2.75) is 31.6 Å². The van der Waals surface area contributed by atoms with E-state index >= 15 is 0 Å². The second-order valence-electron chi connectivity index (χ2n) is 3.95. The number of aryl methyl sites for hydroxylation is 1. The van der Waals surface area contributed by atoms with Gasteiger partial charge in [-0.2, -0.15) is 0 Å². The molecule has 0 aliphatic heterocycles. The number of rotatable bonds is 3. The Morgan fingerprint density at radius 1 is 1.53 bits per heavy atom. The van der Waals surface area contributed by atoms with Crippen LogP contribution in [0.4, 0.5) is 0 Å². The summed E-state index contributed by atoms with van der Waals surface area (Å²) in [4.78, 5) is 4.50. The van der Waals surface area contributed by atoms with Crippen LogP contribution in [0.3, 0.4) is 0 Å². The van der Waals surface area contributed by atoms with E-state index in [0.29, 0.717) is 11.8 Å². The molecule has 1 nitrogen and oxygen atoms in total. The fourth-order valence-electron chi connectivity index (χ4n) is 2.16. The van der Waals surface area contributed by atoms with Gasteiger partial charge < -0.3 is 0 Å². The van der Waals surface area contributed by atoms with Gasteiger partial charge in [0.05, 0.1) is 5.69 Å². The van der Waals surface area contributed by atoms with E-state index in [0.717, 1.165) is 6.42 Å². The summed E-state index contributed by atoms with van der Waals surface area (Å²) in [7, 11) is 0. The van der Waals surface area contributed by atoms with Crippen LogP contribution in [0.2, 0.25) is 0 Å². The molecule has 0 amide bonds. The summed E-state index contributed by atoms with van der Waals surface area (Å²) in [5, 5.41) is 0. The van der Waals surface area contributed by atoms with Crippen molar-refractivity contribution in [1.82, 2.24) is 4.98 Å². The van der Waals surface area contributed by atoms with Gasteiger partial charge in [-0.1, -0.05) is 18.2 Å². The molecule has 1 unspecified atom stereocenters. The lowest BCUT2D eigenvalue weighted by Gasteiger charge is -2.21. The smallest absolute Gasteiger partial charge is 0.0504 e. The average molecular weight is 222 g/mol. The van der Waals surface area contributed by atoms with Crippen LogP contribution in [-0.4, -0.2) is 10.9 Å². The lowest BCUT2D eigenvalue weighted by molar-refractivity contribution is 0.610. The minimum atomic E-state index is 0.512. The SMILES string of the molecule is ClCCC=CC1CCCc2cccnc21. The molecule has 1 aromatic rings. The normalized spacial score (nSPS) is 20.5. The van der Waals surface area contributed by atoms with Crippen molar-refractivity contribution in [3.8, 4) is 0 Å². The van der Waals surface area contributed by atoms with Gasteiger partial charge in [-0.05, 0) is 37.3 Å². The molecule has 80 valence electrons. The predicted octanol–water partition coefficient (Wildman–Crippen LogP) is 3.69. The summed E-state index contributed by atoms with van der Waals surface area (Å²) >= 11 is 5.65. The number of alkyl halides is 1. The summed E-state index contributed by atoms with van der Waals surface area (Å²) in [6.07, 6.45) is 11.0. The zero-order valence-corrected chi connectivity index (χ0v) is 9.58. The zero-order chi connectivity index (χ0) is 10.5. The Morgan fingerprint density at radius 2 is 2.47 bits per heavy atom. The van der Waals surface area contributed by atoms with E-state index < -0.39 is 0 Å². The molecule has 0 spiro atoms. The van der Waals surface area contributed by atoms with E-state index in [1.807, 2.05) is 12.3 Å². The van der Waals surface area contributed by atoms with Gasteiger partial charge in [0, 0.05) is 18.0 Å². The van der Waals surface area contributed by atoms with E-state index in [1.165, 1.54) is 30.5 Å². The van der Waals surface area contributed by atoms with Crippen LogP contribution in [0.15, 0.2) is 30.5 Å². The molecular formula is C13H16ClN. The monoisotopic (exact) mass is 221 g/mol. The molecule has 1 aliphatic rings. The molecule has 1 aliphatic carbocycles. The van der Waals surface area contributed by atoms with Gasteiger partial charge in [0.1, 0.15) is 0 Å². The molecule has 0 saturated carbocycles. The van der Waals surface area contributed by atoms with Crippen LogP contribution >= 0.6 is 11.6 Å². The standard InChI is InChI=1S/C13H16ClN/c14-9-2-1-5-11-6-3-7-12-8-4-10-15-13(11)12/h1,4-5,8,10-11H,2-3,6-7,9H2. The van der Waals surface area contributed by atoms with Crippen molar-refractivity contribution in [2.75, 3.05) is 5.88 Å². The largest absolute Gasteiger partial charge is 0.260 e. The first kappa shape index (κ1) is 10.7. The van der Waals surface area contributed by atoms with Gasteiger partial charge in [-0.3, -0.25) is 4.98 Å². The highest BCUT2D eigenvalue weighted by atomic mass is 35.5. The Bertz CT molecular complexity index is 346. The Balaban J connectivity index is 2.15. The second-order valence-corrected chi connectivity index (χ2v) is 4.33. The van der Waals surface area contributed by atoms with Crippen molar-refractivity contribution in [3.63, 3.8) is 0 Å². The van der Waals surface area contributed by atoms with Crippen LogP contribution in [-0.2, 0) is 6.42 Å². The fourth-order valence-corrected chi connectivity index (χ4v) is 2.28. The van der Waals surface area contributed by atoms with Crippen LogP contribution in [0, 0.1) is 0 Å². The molecule has 0 bridgehead atoms. The molecule has 0 radical (unpaired) electrons. The topological polar surface area (TPSA) is 12.9 Å². The van der Waals surface area contributed by atoms with Gasteiger partial charge in [-0.25, -0.2) is 0 Å². The number of hydrogen-bond donors (Lipinski definition) is 0. The maximum Gasteiger partial charge on any atom is 0.0504 e. The van der Waals surface area contributed by atoms with Crippen LogP contribution in [0.1, 0.15) is 36.4 Å². The summed E-state index contributed by atoms with van der Waals surface area (Å²) in [5.74, 6) is 1.22. The summed E-state index contributed by atoms with van der Waals surface area (Å²) < 4.78 is 0. The molecule has 1 heterocycles. The lowest BCUT2D eigenvalue weighted by Crippen LogP contribution is -2.09. The molecule has 0 saturated heterocycles. The van der Waals surface area contributed by atoms with Gasteiger partial charge in [0.15, 0.2) is 0 Å². The molecular weight excluding hydrogens is 206 g/mol. The number of halogens is 1. The van der Waals surface area contributed by atoms with Crippen molar-refractivity contribution in [3.05, 3.63) is 41.7 Å². The highest BCUT2D eigenvalue weighted by Gasteiger charge is 2.18. The van der Waals surface area contributed by atoms with E-state index in [1.54, 1.807) is 0 Å². The summed E-state index contributed by atoms with van der Waals surface area (Å²) in [6, 6.07) is 4.23. The third-order valence-electron chi connectivity index (χ3n) is 2.88. The summed E-state index contributed by atoms with van der Waals surface area (Å²) in [6.45, 7) is 0. The first-order valence-corrected chi connectivity index (χ1v) is 6.11. The number of nitrogens with zero attached hydrogens (tertiary/aromatic N) is 1. The van der Waals surface area contributed by atoms with Gasteiger partial charge in [0.25, 0.3) is 0 Å². The molecule has 2 rings (SSSR count). The predicted molar refractivity (Wildman–Crippen MR) is 64.4 cm³/mol. The highest BCUT2D eigenvalue weighted by molar-refractivity contribution is 6.17. The zero-order valence-electron chi connectivity index (χ0n) is 8.82. The number of hydrogen-bond acceptors (Lipinski definition) is 1. The van der Waals surface area contributed by atoms with E-state index in [2.05, 4.69) is 23.2 Å². The Morgan fingerprint density at radius 3 is 3.33 bits per heavy atom. The number of fused-ring (bicyclic) bond motifs is 1. The number of allylic oxidation sites excluding steroid dienone is 2. The van der Waals surface area contributed by atoms with Crippen LogP contribution in [0.5, 0.6) is 0 Å². The van der Waals surface area contributed by atoms with Crippen molar-refractivity contribution in [2.24, 2.45) is 0 Å². The molecule has 1 aromatic heterocycles. The minimum Gasteiger partial charge on any atom is -0.260 e. The molecule has 0 N–H and O–H groups in total. The lowest BCUT2D eigenvalue weighted by atomic mass is 9.86. The van der Waals surface area contributed by atoms with E-state index in [-0.39, 0.29) is 0 Å². The Labute approximate surface area is 96.2 Å². The van der Waals surface area contributed by atoms with E-state index in [4.69, 9.17) is 11.6 Å². The molecule has 0 fully saturated rings. The number of pyridine rings is 1. The van der Waals surface area contributed by atoms with Crippen molar-refractivity contribution < 1.29 is 0 Å². The first-order chi connectivity index (χ1) is 7.42. The maximum atomic E-state index is 5.65. The maximum absolute atomic E-state index is 5.65. The third kappa shape index (κ3) is 2.60. The molecule has 1 atom stereocenters. The number of aromatic nitrogens is 1. The van der Waals surface area contributed by atoms with Crippen LogP contribution < -0.4 is 0 Å². The third-order valence-corrected chi connectivity index (χ3v) is 3.10. The van der Waals surface area contributed by atoms with Gasteiger partial charge in [-0.15, -0.1) is 11.6 Å². The summed E-state index contributed by atoms with van der Waals surface area (Å²) in [5.41, 5.74) is 2.69. The van der Waals surface area contributed by atoms with Gasteiger partial charge >= 0.3 is 0 Å². The Kier molecular flexibility index (Phi) is 3.79. The minimum absolute atomic E-state index is 0.512. The fraction of sp³-hybridized carbons (Fsp3) is 0.462. The molecule has 15 heavy (non-hydrogen) atoms. The van der Waals surface area contributed by atoms with Crippen molar-refractivity contribution >= 4 is 11.6 Å². The van der Waals surface area contributed by atoms with Crippen LogP contribution in [0.25, 0.3) is 0 Å². The quantitative estimate of drug-likeness (QED) is 0.561. The average Bonchev–Trinajstić information content (AvgIpc) is 2.30. The first-order valence-electron chi connectivity index (χ1n) is 5.58. The highest BCUT2D eigenvalue weighted by Crippen LogP contribution is 2.30. The second kappa shape index (κ2) is 5.32. The molecule has 2 heteroatoms.